The molecule has 5 nitrogen and oxygen atoms in total. The molecule has 0 aliphatic carbocycles. The van der Waals surface area contributed by atoms with Gasteiger partial charge < -0.3 is 15.0 Å². The number of nitrogens with one attached hydrogen (secondary N) is 1. The lowest BCUT2D eigenvalue weighted by molar-refractivity contribution is -0.0175. The Morgan fingerprint density at radius 2 is 2.04 bits per heavy atom. The number of carbonyl (C=O) groups excluding carboxylic acids is 2. The molecule has 0 unspecified atom stereocenters. The molecule has 1 aliphatic rings. The molecule has 6 heteroatoms. The van der Waals surface area contributed by atoms with Gasteiger partial charge in [0.2, 0.25) is 0 Å². The summed E-state index contributed by atoms with van der Waals surface area (Å²) in [6.45, 7) is 4.16. The van der Waals surface area contributed by atoms with Crippen molar-refractivity contribution in [1.29, 1.82) is 0 Å². The van der Waals surface area contributed by atoms with Crippen LogP contribution in [0.3, 0.4) is 0 Å². The number of ketones is 1. The maximum Gasteiger partial charge on any atom is 0.251 e. The molecule has 2 aromatic rings. The zero-order valence-electron chi connectivity index (χ0n) is 15.5. The van der Waals surface area contributed by atoms with Gasteiger partial charge in [0.25, 0.3) is 5.91 Å². The molecule has 1 aliphatic heterocycles. The number of carbonyl (C=O) groups is 2. The molecule has 1 heterocycles. The van der Waals surface area contributed by atoms with Crippen molar-refractivity contribution >= 4 is 11.7 Å². The molecule has 3 rings (SSSR count). The number of benzene rings is 2. The van der Waals surface area contributed by atoms with Crippen molar-refractivity contribution in [2.24, 2.45) is 0 Å². The van der Waals surface area contributed by atoms with Crippen molar-refractivity contribution in [3.8, 4) is 11.1 Å². The van der Waals surface area contributed by atoms with Crippen LogP contribution in [0.1, 0.15) is 27.6 Å². The monoisotopic (exact) mass is 370 g/mol. The van der Waals surface area contributed by atoms with Gasteiger partial charge in [-0.05, 0) is 49.9 Å². The quantitative estimate of drug-likeness (QED) is 0.823. The summed E-state index contributed by atoms with van der Waals surface area (Å²) >= 11 is 0. The van der Waals surface area contributed by atoms with Crippen molar-refractivity contribution in [3.05, 3.63) is 59.4 Å². The van der Waals surface area contributed by atoms with Gasteiger partial charge in [0.05, 0.1) is 12.7 Å². The summed E-state index contributed by atoms with van der Waals surface area (Å²) < 4.78 is 19.9. The predicted molar refractivity (Wildman–Crippen MR) is 101 cm³/mol. The van der Waals surface area contributed by atoms with Crippen molar-refractivity contribution in [2.45, 2.75) is 13.0 Å². The van der Waals surface area contributed by atoms with E-state index in [1.54, 1.807) is 24.3 Å². The van der Waals surface area contributed by atoms with Crippen LogP contribution < -0.4 is 5.32 Å². The number of nitrogens with zero attached hydrogens (tertiary/aromatic N) is 1. The summed E-state index contributed by atoms with van der Waals surface area (Å²) in [5, 5.41) is 2.87. The topological polar surface area (TPSA) is 58.6 Å². The standard InChI is InChI=1S/C21H23FN2O3/c1-14(25)15-6-7-20(22)19(11-15)16-4-3-5-17(10-16)21(26)23-12-18-13-24(2)8-9-27-18/h3-7,10-11,18H,8-9,12-13H2,1-2H3,(H,23,26)/t18-/m0/s1. The van der Waals surface area contributed by atoms with Crippen LogP contribution in [0.15, 0.2) is 42.5 Å². The van der Waals surface area contributed by atoms with E-state index < -0.39 is 5.82 Å². The molecule has 0 aromatic heterocycles. The second-order valence-electron chi connectivity index (χ2n) is 6.80. The number of ether oxygens (including phenoxy) is 1. The highest BCUT2D eigenvalue weighted by Gasteiger charge is 2.19. The molecule has 0 saturated carbocycles. The lowest BCUT2D eigenvalue weighted by Crippen LogP contribution is -2.45. The van der Waals surface area contributed by atoms with Gasteiger partial charge in [0.1, 0.15) is 5.82 Å². The van der Waals surface area contributed by atoms with Gasteiger partial charge in [-0.3, -0.25) is 9.59 Å². The van der Waals surface area contributed by atoms with Crippen LogP contribution >= 0.6 is 0 Å². The highest BCUT2D eigenvalue weighted by molar-refractivity contribution is 5.97. The second kappa shape index (κ2) is 8.41. The SMILES string of the molecule is CC(=O)c1ccc(F)c(-c2cccc(C(=O)NC[C@H]3CN(C)CCO3)c2)c1. The molecule has 1 atom stereocenters. The first-order chi connectivity index (χ1) is 12.9. The van der Waals surface area contributed by atoms with Crippen LogP contribution in [0.25, 0.3) is 11.1 Å². The van der Waals surface area contributed by atoms with Crippen molar-refractivity contribution in [3.63, 3.8) is 0 Å². The molecular weight excluding hydrogens is 347 g/mol. The Morgan fingerprint density at radius 3 is 2.78 bits per heavy atom. The van der Waals surface area contributed by atoms with E-state index in [1.807, 2.05) is 7.05 Å². The lowest BCUT2D eigenvalue weighted by atomic mass is 9.99. The number of rotatable bonds is 5. The lowest BCUT2D eigenvalue weighted by Gasteiger charge is -2.30. The average Bonchev–Trinajstić information content (AvgIpc) is 2.66. The number of likely N-dealkylation sites (N-methyl/N-ethyl adjacent to an activating group) is 1. The predicted octanol–water partition coefficient (Wildman–Crippen LogP) is 2.76. The Morgan fingerprint density at radius 1 is 1.22 bits per heavy atom. The summed E-state index contributed by atoms with van der Waals surface area (Å²) in [6, 6.07) is 11.0. The molecule has 0 spiro atoms. The molecule has 1 N–H and O–H groups in total. The van der Waals surface area contributed by atoms with Gasteiger partial charge in [-0.1, -0.05) is 12.1 Å². The third-order valence-corrected chi connectivity index (χ3v) is 4.64. The summed E-state index contributed by atoms with van der Waals surface area (Å²) in [7, 11) is 2.02. The van der Waals surface area contributed by atoms with E-state index in [-0.39, 0.29) is 17.8 Å². The molecule has 142 valence electrons. The van der Waals surface area contributed by atoms with Gasteiger partial charge in [-0.25, -0.2) is 4.39 Å². The van der Waals surface area contributed by atoms with E-state index >= 15 is 0 Å². The molecule has 27 heavy (non-hydrogen) atoms. The number of halogens is 1. The molecular formula is C21H23FN2O3. The van der Waals surface area contributed by atoms with Crippen LogP contribution in [-0.4, -0.2) is 56.0 Å². The van der Waals surface area contributed by atoms with Crippen LogP contribution in [0.4, 0.5) is 4.39 Å². The number of morpholine rings is 1. The summed E-state index contributed by atoms with van der Waals surface area (Å²) in [4.78, 5) is 26.2. The molecule has 2 aromatic carbocycles. The fraction of sp³-hybridized carbons (Fsp3) is 0.333. The van der Waals surface area contributed by atoms with Crippen molar-refractivity contribution < 1.29 is 18.7 Å². The first-order valence-electron chi connectivity index (χ1n) is 8.93. The smallest absolute Gasteiger partial charge is 0.251 e. The number of Topliss-reactive ketones (excluding diaryl/α,β-unsaturated/α-hetero) is 1. The minimum absolute atomic E-state index is 0.0411. The molecule has 1 fully saturated rings. The minimum Gasteiger partial charge on any atom is -0.374 e. The van der Waals surface area contributed by atoms with Gasteiger partial charge in [0, 0.05) is 36.3 Å². The van der Waals surface area contributed by atoms with Crippen LogP contribution in [0.2, 0.25) is 0 Å². The van der Waals surface area contributed by atoms with Gasteiger partial charge in [-0.15, -0.1) is 0 Å². The van der Waals surface area contributed by atoms with E-state index in [0.717, 1.165) is 13.1 Å². The summed E-state index contributed by atoms with van der Waals surface area (Å²) in [5.74, 6) is -0.810. The maximum atomic E-state index is 14.2. The highest BCUT2D eigenvalue weighted by atomic mass is 19.1. The first-order valence-corrected chi connectivity index (χ1v) is 8.93. The minimum atomic E-state index is -0.434. The molecule has 0 radical (unpaired) electrons. The molecule has 0 bridgehead atoms. The number of hydrogen-bond acceptors (Lipinski definition) is 4. The maximum absolute atomic E-state index is 14.2. The largest absolute Gasteiger partial charge is 0.374 e. The Labute approximate surface area is 158 Å². The van der Waals surface area contributed by atoms with Gasteiger partial charge in [0.15, 0.2) is 5.78 Å². The fourth-order valence-electron chi connectivity index (χ4n) is 3.09. The van der Waals surface area contributed by atoms with Crippen LogP contribution in [0, 0.1) is 5.82 Å². The normalized spacial score (nSPS) is 17.5. The third-order valence-electron chi connectivity index (χ3n) is 4.64. The Hall–Kier alpha value is -2.57. The Kier molecular flexibility index (Phi) is 5.98. The van der Waals surface area contributed by atoms with Gasteiger partial charge >= 0.3 is 0 Å². The van der Waals surface area contributed by atoms with E-state index in [2.05, 4.69) is 10.2 Å². The highest BCUT2D eigenvalue weighted by Crippen LogP contribution is 2.25. The zero-order chi connectivity index (χ0) is 19.4. The first kappa shape index (κ1) is 19.2. The van der Waals surface area contributed by atoms with Crippen LogP contribution in [0.5, 0.6) is 0 Å². The molecule has 1 amide bonds. The zero-order valence-corrected chi connectivity index (χ0v) is 15.5. The van der Waals surface area contributed by atoms with E-state index in [9.17, 15) is 14.0 Å². The summed E-state index contributed by atoms with van der Waals surface area (Å²) in [6.07, 6.45) is -0.0411. The third kappa shape index (κ3) is 4.78. The Balaban J connectivity index is 1.74. The second-order valence-corrected chi connectivity index (χ2v) is 6.80. The number of hydrogen-bond donors (Lipinski definition) is 1. The Bertz CT molecular complexity index is 853. The fourth-order valence-corrected chi connectivity index (χ4v) is 3.09. The van der Waals surface area contributed by atoms with E-state index in [4.69, 9.17) is 4.74 Å². The summed E-state index contributed by atoms with van der Waals surface area (Å²) in [5.41, 5.74) is 1.72. The average molecular weight is 370 g/mol. The van der Waals surface area contributed by atoms with Crippen LogP contribution in [-0.2, 0) is 4.74 Å². The molecule has 1 saturated heterocycles. The van der Waals surface area contributed by atoms with Crippen molar-refractivity contribution in [2.75, 3.05) is 33.3 Å². The van der Waals surface area contributed by atoms with E-state index in [0.29, 0.717) is 35.4 Å². The van der Waals surface area contributed by atoms with Gasteiger partial charge in [-0.2, -0.15) is 0 Å². The van der Waals surface area contributed by atoms with E-state index in [1.165, 1.54) is 25.1 Å². The van der Waals surface area contributed by atoms with Crippen molar-refractivity contribution in [1.82, 2.24) is 10.2 Å². The number of amides is 1.